The van der Waals surface area contributed by atoms with Gasteiger partial charge < -0.3 is 9.64 Å². The number of unbranched alkanes of at least 4 members (excludes halogenated alkanes) is 1. The molecule has 0 saturated heterocycles. The molecular formula is C16H25NO2. The van der Waals surface area contributed by atoms with Crippen molar-refractivity contribution >= 4 is 11.6 Å². The zero-order valence-corrected chi connectivity index (χ0v) is 12.5. The third-order valence-electron chi connectivity index (χ3n) is 3.52. The summed E-state index contributed by atoms with van der Waals surface area (Å²) in [7, 11) is 3.47. The Morgan fingerprint density at radius 2 is 2.11 bits per heavy atom. The maximum absolute atomic E-state index is 12.5. The van der Waals surface area contributed by atoms with Gasteiger partial charge in [0.15, 0.2) is 0 Å². The van der Waals surface area contributed by atoms with Gasteiger partial charge in [0.1, 0.15) is 5.75 Å². The topological polar surface area (TPSA) is 29.5 Å². The molecule has 0 aromatic heterocycles. The van der Waals surface area contributed by atoms with E-state index in [4.69, 9.17) is 4.74 Å². The summed E-state index contributed by atoms with van der Waals surface area (Å²) in [6, 6.07) is 7.62. The summed E-state index contributed by atoms with van der Waals surface area (Å²) < 4.78 is 5.20. The molecule has 19 heavy (non-hydrogen) atoms. The molecule has 1 aromatic carbocycles. The molecular weight excluding hydrogens is 238 g/mol. The van der Waals surface area contributed by atoms with E-state index in [0.717, 1.165) is 37.1 Å². The molecule has 0 aliphatic rings. The molecule has 1 amide bonds. The van der Waals surface area contributed by atoms with E-state index in [-0.39, 0.29) is 11.8 Å². The van der Waals surface area contributed by atoms with E-state index in [1.807, 2.05) is 31.3 Å². The van der Waals surface area contributed by atoms with Crippen LogP contribution in [-0.4, -0.2) is 20.1 Å². The fourth-order valence-electron chi connectivity index (χ4n) is 2.17. The van der Waals surface area contributed by atoms with Gasteiger partial charge >= 0.3 is 0 Å². The average molecular weight is 263 g/mol. The van der Waals surface area contributed by atoms with Gasteiger partial charge in [-0.25, -0.2) is 0 Å². The Balaban J connectivity index is 2.78. The van der Waals surface area contributed by atoms with Gasteiger partial charge in [-0.1, -0.05) is 32.8 Å². The number of carbonyl (C=O) groups is 1. The number of amides is 1. The number of hydrogen-bond acceptors (Lipinski definition) is 2. The number of nitrogens with zero attached hydrogens (tertiary/aromatic N) is 1. The van der Waals surface area contributed by atoms with Crippen LogP contribution >= 0.6 is 0 Å². The molecule has 0 aliphatic heterocycles. The third-order valence-corrected chi connectivity index (χ3v) is 3.52. The molecule has 0 fully saturated rings. The second kappa shape index (κ2) is 7.82. The minimum atomic E-state index is 0.121. The van der Waals surface area contributed by atoms with Crippen molar-refractivity contribution in [1.82, 2.24) is 0 Å². The zero-order valence-electron chi connectivity index (χ0n) is 12.5. The maximum Gasteiger partial charge on any atom is 0.229 e. The molecule has 1 unspecified atom stereocenters. The predicted octanol–water partition coefficient (Wildman–Crippen LogP) is 3.87. The minimum absolute atomic E-state index is 0.121. The summed E-state index contributed by atoms with van der Waals surface area (Å²) in [6.07, 6.45) is 4.11. The number of carbonyl (C=O) groups excluding carboxylic acids is 1. The fourth-order valence-corrected chi connectivity index (χ4v) is 2.17. The third kappa shape index (κ3) is 4.27. The number of rotatable bonds is 7. The van der Waals surface area contributed by atoms with E-state index in [2.05, 4.69) is 13.8 Å². The van der Waals surface area contributed by atoms with Crippen molar-refractivity contribution in [3.05, 3.63) is 24.3 Å². The van der Waals surface area contributed by atoms with Crippen LogP contribution in [-0.2, 0) is 4.79 Å². The van der Waals surface area contributed by atoms with E-state index >= 15 is 0 Å². The standard InChI is InChI=1S/C16H25NO2/c1-5-7-9-13(6-2)16(18)17(3)14-10-8-11-15(12-14)19-4/h8,10-13H,5-7,9H2,1-4H3. The Kier molecular flexibility index (Phi) is 6.40. The monoisotopic (exact) mass is 263 g/mol. The van der Waals surface area contributed by atoms with Crippen molar-refractivity contribution in [2.45, 2.75) is 39.5 Å². The van der Waals surface area contributed by atoms with E-state index in [0.29, 0.717) is 0 Å². The Hall–Kier alpha value is -1.51. The van der Waals surface area contributed by atoms with E-state index in [1.165, 1.54) is 0 Å². The molecule has 3 nitrogen and oxygen atoms in total. The van der Waals surface area contributed by atoms with Gasteiger partial charge in [0.05, 0.1) is 7.11 Å². The minimum Gasteiger partial charge on any atom is -0.497 e. The summed E-state index contributed by atoms with van der Waals surface area (Å²) in [4.78, 5) is 14.2. The van der Waals surface area contributed by atoms with E-state index in [9.17, 15) is 4.79 Å². The summed E-state index contributed by atoms with van der Waals surface area (Å²) in [6.45, 7) is 4.24. The first-order chi connectivity index (χ1) is 9.13. The Bertz CT molecular complexity index is 403. The fraction of sp³-hybridized carbons (Fsp3) is 0.562. The van der Waals surface area contributed by atoms with Crippen molar-refractivity contribution < 1.29 is 9.53 Å². The maximum atomic E-state index is 12.5. The van der Waals surface area contributed by atoms with Crippen LogP contribution in [0.25, 0.3) is 0 Å². The normalized spacial score (nSPS) is 12.0. The van der Waals surface area contributed by atoms with Gasteiger partial charge in [-0.2, -0.15) is 0 Å². The lowest BCUT2D eigenvalue weighted by Gasteiger charge is -2.23. The molecule has 0 aliphatic carbocycles. The highest BCUT2D eigenvalue weighted by Crippen LogP contribution is 2.23. The highest BCUT2D eigenvalue weighted by molar-refractivity contribution is 5.94. The van der Waals surface area contributed by atoms with Crippen molar-refractivity contribution in [2.24, 2.45) is 5.92 Å². The SMILES string of the molecule is CCCCC(CC)C(=O)N(C)c1cccc(OC)c1. The van der Waals surface area contributed by atoms with Gasteiger partial charge in [0.25, 0.3) is 0 Å². The van der Waals surface area contributed by atoms with Gasteiger partial charge in [0.2, 0.25) is 5.91 Å². The van der Waals surface area contributed by atoms with Crippen LogP contribution in [0.1, 0.15) is 39.5 Å². The molecule has 106 valence electrons. The second-order valence-electron chi connectivity index (χ2n) is 4.85. The van der Waals surface area contributed by atoms with Crippen LogP contribution in [0.2, 0.25) is 0 Å². The lowest BCUT2D eigenvalue weighted by molar-refractivity contribution is -0.122. The summed E-state index contributed by atoms with van der Waals surface area (Å²) in [5.41, 5.74) is 0.888. The van der Waals surface area contributed by atoms with Crippen LogP contribution < -0.4 is 9.64 Å². The lowest BCUT2D eigenvalue weighted by atomic mass is 9.97. The molecule has 0 heterocycles. The van der Waals surface area contributed by atoms with Gasteiger partial charge in [0, 0.05) is 24.7 Å². The van der Waals surface area contributed by atoms with Gasteiger partial charge in [-0.15, -0.1) is 0 Å². The first kappa shape index (κ1) is 15.5. The Morgan fingerprint density at radius 1 is 1.37 bits per heavy atom. The smallest absolute Gasteiger partial charge is 0.229 e. The van der Waals surface area contributed by atoms with Crippen molar-refractivity contribution in [3.8, 4) is 5.75 Å². The summed E-state index contributed by atoms with van der Waals surface area (Å²) in [5, 5.41) is 0. The van der Waals surface area contributed by atoms with Crippen molar-refractivity contribution in [3.63, 3.8) is 0 Å². The summed E-state index contributed by atoms with van der Waals surface area (Å²) in [5.74, 6) is 1.10. The van der Waals surface area contributed by atoms with Crippen molar-refractivity contribution in [2.75, 3.05) is 19.1 Å². The molecule has 0 spiro atoms. The highest BCUT2D eigenvalue weighted by Gasteiger charge is 2.20. The molecule has 0 bridgehead atoms. The molecule has 3 heteroatoms. The number of ether oxygens (including phenoxy) is 1. The van der Waals surface area contributed by atoms with Crippen LogP contribution in [0.15, 0.2) is 24.3 Å². The predicted molar refractivity (Wildman–Crippen MR) is 79.7 cm³/mol. The Morgan fingerprint density at radius 3 is 2.68 bits per heavy atom. The van der Waals surface area contributed by atoms with E-state index < -0.39 is 0 Å². The lowest BCUT2D eigenvalue weighted by Crippen LogP contribution is -2.32. The molecule has 1 rings (SSSR count). The number of anilines is 1. The van der Waals surface area contributed by atoms with Crippen LogP contribution in [0.3, 0.4) is 0 Å². The zero-order chi connectivity index (χ0) is 14.3. The van der Waals surface area contributed by atoms with Crippen LogP contribution in [0.4, 0.5) is 5.69 Å². The number of benzene rings is 1. The summed E-state index contributed by atoms with van der Waals surface area (Å²) >= 11 is 0. The molecule has 0 radical (unpaired) electrons. The number of hydrogen-bond donors (Lipinski definition) is 0. The first-order valence-corrected chi connectivity index (χ1v) is 7.05. The quantitative estimate of drug-likeness (QED) is 0.747. The largest absolute Gasteiger partial charge is 0.497 e. The highest BCUT2D eigenvalue weighted by atomic mass is 16.5. The van der Waals surface area contributed by atoms with Gasteiger partial charge in [-0.05, 0) is 25.0 Å². The Labute approximate surface area is 116 Å². The second-order valence-corrected chi connectivity index (χ2v) is 4.85. The van der Waals surface area contributed by atoms with Crippen LogP contribution in [0, 0.1) is 5.92 Å². The molecule has 0 saturated carbocycles. The van der Waals surface area contributed by atoms with E-state index in [1.54, 1.807) is 12.0 Å². The van der Waals surface area contributed by atoms with Gasteiger partial charge in [-0.3, -0.25) is 4.79 Å². The number of methoxy groups -OCH3 is 1. The first-order valence-electron chi connectivity index (χ1n) is 7.05. The molecule has 0 N–H and O–H groups in total. The van der Waals surface area contributed by atoms with Crippen LogP contribution in [0.5, 0.6) is 5.75 Å². The average Bonchev–Trinajstić information content (AvgIpc) is 2.47. The molecule has 1 atom stereocenters. The molecule has 1 aromatic rings. The van der Waals surface area contributed by atoms with Crippen molar-refractivity contribution in [1.29, 1.82) is 0 Å².